The van der Waals surface area contributed by atoms with Gasteiger partial charge in [0.1, 0.15) is 11.9 Å². The van der Waals surface area contributed by atoms with Gasteiger partial charge in [-0.15, -0.1) is 0 Å². The van der Waals surface area contributed by atoms with Crippen LogP contribution in [0.25, 0.3) is 0 Å². The fourth-order valence-electron chi connectivity index (χ4n) is 1.59. The summed E-state index contributed by atoms with van der Waals surface area (Å²) >= 11 is 0. The molecule has 1 fully saturated rings. The standard InChI is InChI=1S/C11H12N4O/c1-14-4-5-15(8-11(14)16)10-3-2-9(6-12)7-13-10/h2-3,7H,4-5,8H2,1H3. The van der Waals surface area contributed by atoms with E-state index in [1.165, 1.54) is 6.20 Å². The first-order valence-electron chi connectivity index (χ1n) is 5.06. The normalized spacial score (nSPS) is 16.1. The number of pyridine rings is 1. The van der Waals surface area contributed by atoms with Crippen LogP contribution in [0.1, 0.15) is 5.56 Å². The Kier molecular flexibility index (Phi) is 2.73. The van der Waals surface area contributed by atoms with Crippen LogP contribution in [0.2, 0.25) is 0 Å². The van der Waals surface area contributed by atoms with E-state index in [9.17, 15) is 4.79 Å². The number of piperazine rings is 1. The highest BCUT2D eigenvalue weighted by atomic mass is 16.2. The summed E-state index contributed by atoms with van der Waals surface area (Å²) in [5.41, 5.74) is 0.532. The van der Waals surface area contributed by atoms with Gasteiger partial charge in [-0.3, -0.25) is 4.79 Å². The van der Waals surface area contributed by atoms with E-state index in [4.69, 9.17) is 5.26 Å². The maximum atomic E-state index is 11.5. The minimum Gasteiger partial charge on any atom is -0.346 e. The Hall–Kier alpha value is -2.09. The molecule has 1 aromatic heterocycles. The second-order valence-corrected chi connectivity index (χ2v) is 3.75. The van der Waals surface area contributed by atoms with Crippen molar-refractivity contribution in [1.82, 2.24) is 9.88 Å². The second kappa shape index (κ2) is 4.19. The Morgan fingerprint density at radius 3 is 2.81 bits per heavy atom. The third kappa shape index (κ3) is 1.96. The summed E-state index contributed by atoms with van der Waals surface area (Å²) in [6.45, 7) is 1.84. The van der Waals surface area contributed by atoms with Gasteiger partial charge in [-0.1, -0.05) is 0 Å². The van der Waals surface area contributed by atoms with Crippen LogP contribution in [0.4, 0.5) is 5.82 Å². The molecule has 5 heteroatoms. The molecule has 1 aromatic rings. The summed E-state index contributed by atoms with van der Waals surface area (Å²) in [5, 5.41) is 8.65. The van der Waals surface area contributed by atoms with Crippen molar-refractivity contribution < 1.29 is 4.79 Å². The fraction of sp³-hybridized carbons (Fsp3) is 0.364. The molecule has 1 aliphatic rings. The van der Waals surface area contributed by atoms with E-state index in [0.717, 1.165) is 12.4 Å². The summed E-state index contributed by atoms with van der Waals surface area (Å²) in [6.07, 6.45) is 1.53. The molecule has 2 heterocycles. The average Bonchev–Trinajstić information content (AvgIpc) is 2.33. The monoisotopic (exact) mass is 216 g/mol. The molecule has 0 aliphatic carbocycles. The number of carbonyl (C=O) groups is 1. The zero-order valence-electron chi connectivity index (χ0n) is 9.05. The lowest BCUT2D eigenvalue weighted by Crippen LogP contribution is -2.48. The van der Waals surface area contributed by atoms with Gasteiger partial charge in [0, 0.05) is 26.3 Å². The summed E-state index contributed by atoms with van der Waals surface area (Å²) in [4.78, 5) is 19.3. The number of likely N-dealkylation sites (N-methyl/N-ethyl adjacent to an activating group) is 1. The number of nitrogens with zero attached hydrogens (tertiary/aromatic N) is 4. The number of rotatable bonds is 1. The Morgan fingerprint density at radius 2 is 2.25 bits per heavy atom. The van der Waals surface area contributed by atoms with E-state index in [1.807, 2.05) is 11.0 Å². The molecule has 5 nitrogen and oxygen atoms in total. The van der Waals surface area contributed by atoms with Crippen molar-refractivity contribution in [2.24, 2.45) is 0 Å². The predicted octanol–water partition coefficient (Wildman–Crippen LogP) is 0.232. The molecule has 1 amide bonds. The molecule has 82 valence electrons. The third-order valence-corrected chi connectivity index (χ3v) is 2.66. The van der Waals surface area contributed by atoms with Crippen molar-refractivity contribution in [2.45, 2.75) is 0 Å². The first-order valence-corrected chi connectivity index (χ1v) is 5.06. The van der Waals surface area contributed by atoms with Crippen LogP contribution in [0.3, 0.4) is 0 Å². The highest BCUT2D eigenvalue weighted by molar-refractivity contribution is 5.82. The van der Waals surface area contributed by atoms with Gasteiger partial charge in [0.25, 0.3) is 0 Å². The molecule has 0 N–H and O–H groups in total. The van der Waals surface area contributed by atoms with Gasteiger partial charge >= 0.3 is 0 Å². The number of hydrogen-bond acceptors (Lipinski definition) is 4. The topological polar surface area (TPSA) is 60.2 Å². The maximum absolute atomic E-state index is 11.5. The van der Waals surface area contributed by atoms with Crippen LogP contribution in [-0.2, 0) is 4.79 Å². The van der Waals surface area contributed by atoms with Crippen LogP contribution in [0.5, 0.6) is 0 Å². The van der Waals surface area contributed by atoms with Crippen molar-refractivity contribution in [2.75, 3.05) is 31.6 Å². The van der Waals surface area contributed by atoms with Crippen LogP contribution in [0, 0.1) is 11.3 Å². The van der Waals surface area contributed by atoms with Gasteiger partial charge in [-0.2, -0.15) is 5.26 Å². The van der Waals surface area contributed by atoms with E-state index < -0.39 is 0 Å². The van der Waals surface area contributed by atoms with Crippen molar-refractivity contribution in [3.63, 3.8) is 0 Å². The summed E-state index contributed by atoms with van der Waals surface area (Å²) in [6, 6.07) is 5.51. The minimum atomic E-state index is 0.0948. The van der Waals surface area contributed by atoms with Gasteiger partial charge in [-0.05, 0) is 12.1 Å². The van der Waals surface area contributed by atoms with Crippen molar-refractivity contribution in [1.29, 1.82) is 5.26 Å². The molecular weight excluding hydrogens is 204 g/mol. The molecule has 0 atom stereocenters. The van der Waals surface area contributed by atoms with Gasteiger partial charge in [0.2, 0.25) is 5.91 Å². The largest absolute Gasteiger partial charge is 0.346 e. The SMILES string of the molecule is CN1CCN(c2ccc(C#N)cn2)CC1=O. The average molecular weight is 216 g/mol. The quantitative estimate of drug-likeness (QED) is 0.674. The van der Waals surface area contributed by atoms with Gasteiger partial charge in [0.05, 0.1) is 12.1 Å². The van der Waals surface area contributed by atoms with Gasteiger partial charge in [-0.25, -0.2) is 4.98 Å². The van der Waals surface area contributed by atoms with Crippen molar-refractivity contribution in [3.8, 4) is 6.07 Å². The molecule has 0 aromatic carbocycles. The highest BCUT2D eigenvalue weighted by Crippen LogP contribution is 2.13. The molecule has 16 heavy (non-hydrogen) atoms. The zero-order chi connectivity index (χ0) is 11.5. The smallest absolute Gasteiger partial charge is 0.241 e. The lowest BCUT2D eigenvalue weighted by Gasteiger charge is -2.32. The Morgan fingerprint density at radius 1 is 1.44 bits per heavy atom. The fourth-order valence-corrected chi connectivity index (χ4v) is 1.59. The van der Waals surface area contributed by atoms with Gasteiger partial charge in [0.15, 0.2) is 0 Å². The Labute approximate surface area is 93.9 Å². The third-order valence-electron chi connectivity index (χ3n) is 2.66. The summed E-state index contributed by atoms with van der Waals surface area (Å²) in [7, 11) is 1.80. The highest BCUT2D eigenvalue weighted by Gasteiger charge is 2.21. The number of carbonyl (C=O) groups excluding carboxylic acids is 1. The van der Waals surface area contributed by atoms with E-state index in [1.54, 1.807) is 24.1 Å². The number of aromatic nitrogens is 1. The van der Waals surface area contributed by atoms with Crippen LogP contribution in [0.15, 0.2) is 18.3 Å². The van der Waals surface area contributed by atoms with Crippen LogP contribution in [-0.4, -0.2) is 42.5 Å². The minimum absolute atomic E-state index is 0.0948. The lowest BCUT2D eigenvalue weighted by molar-refractivity contribution is -0.129. The first-order chi connectivity index (χ1) is 7.70. The number of anilines is 1. The molecule has 1 aliphatic heterocycles. The maximum Gasteiger partial charge on any atom is 0.241 e. The number of amides is 1. The zero-order valence-corrected chi connectivity index (χ0v) is 9.05. The molecular formula is C11H12N4O. The van der Waals surface area contributed by atoms with E-state index >= 15 is 0 Å². The molecule has 0 saturated carbocycles. The number of hydrogen-bond donors (Lipinski definition) is 0. The van der Waals surface area contributed by atoms with Gasteiger partial charge < -0.3 is 9.80 Å². The molecule has 0 unspecified atom stereocenters. The van der Waals surface area contributed by atoms with E-state index in [2.05, 4.69) is 4.98 Å². The van der Waals surface area contributed by atoms with Crippen molar-refractivity contribution in [3.05, 3.63) is 23.9 Å². The second-order valence-electron chi connectivity index (χ2n) is 3.75. The Balaban J connectivity index is 2.13. The molecule has 0 spiro atoms. The molecule has 0 radical (unpaired) electrons. The molecule has 2 rings (SSSR count). The van der Waals surface area contributed by atoms with Crippen LogP contribution < -0.4 is 4.90 Å². The van der Waals surface area contributed by atoms with E-state index in [0.29, 0.717) is 18.7 Å². The van der Waals surface area contributed by atoms with E-state index in [-0.39, 0.29) is 5.91 Å². The lowest BCUT2D eigenvalue weighted by atomic mass is 10.2. The Bertz CT molecular complexity index is 434. The number of nitriles is 1. The molecule has 1 saturated heterocycles. The first kappa shape index (κ1) is 10.4. The summed E-state index contributed by atoms with van der Waals surface area (Å²) < 4.78 is 0. The summed E-state index contributed by atoms with van der Waals surface area (Å²) in [5.74, 6) is 0.845. The van der Waals surface area contributed by atoms with Crippen LogP contribution >= 0.6 is 0 Å². The van der Waals surface area contributed by atoms with Crippen molar-refractivity contribution >= 4 is 11.7 Å². The molecule has 0 bridgehead atoms. The predicted molar refractivity (Wildman–Crippen MR) is 58.8 cm³/mol.